The van der Waals surface area contributed by atoms with E-state index in [9.17, 15) is 13.2 Å². The third-order valence-electron chi connectivity index (χ3n) is 2.61. The van der Waals surface area contributed by atoms with Gasteiger partial charge in [0.25, 0.3) is 0 Å². The number of aromatic nitrogens is 1. The first-order valence-electron chi connectivity index (χ1n) is 5.78. The molecule has 0 unspecified atom stereocenters. The molecule has 1 heterocycles. The van der Waals surface area contributed by atoms with Gasteiger partial charge in [-0.1, -0.05) is 18.2 Å². The SMILES string of the molecule is NCc1cc2ccccc2nc1OCCC(F)(F)F. The second-order valence-electron chi connectivity index (χ2n) is 4.06. The molecule has 0 fully saturated rings. The van der Waals surface area contributed by atoms with E-state index in [4.69, 9.17) is 10.5 Å². The molecular formula is C13H13F3N2O. The first-order valence-corrected chi connectivity index (χ1v) is 5.78. The maximum absolute atomic E-state index is 12.1. The molecule has 0 aliphatic rings. The molecule has 0 bridgehead atoms. The average Bonchev–Trinajstić information content (AvgIpc) is 2.36. The Balaban J connectivity index is 2.21. The van der Waals surface area contributed by atoms with Gasteiger partial charge in [-0.25, -0.2) is 4.98 Å². The van der Waals surface area contributed by atoms with Gasteiger partial charge in [-0.15, -0.1) is 0 Å². The Morgan fingerprint density at radius 2 is 1.95 bits per heavy atom. The molecule has 0 amide bonds. The van der Waals surface area contributed by atoms with Crippen LogP contribution in [0.15, 0.2) is 30.3 Å². The lowest BCUT2D eigenvalue weighted by Crippen LogP contribution is -2.14. The van der Waals surface area contributed by atoms with Crippen LogP contribution in [0.1, 0.15) is 12.0 Å². The smallest absolute Gasteiger partial charge is 0.392 e. The van der Waals surface area contributed by atoms with Gasteiger partial charge in [-0.05, 0) is 12.1 Å². The van der Waals surface area contributed by atoms with Crippen LogP contribution in [0.4, 0.5) is 13.2 Å². The highest BCUT2D eigenvalue weighted by atomic mass is 19.4. The number of alkyl halides is 3. The van der Waals surface area contributed by atoms with E-state index >= 15 is 0 Å². The second kappa shape index (κ2) is 5.44. The molecule has 6 heteroatoms. The van der Waals surface area contributed by atoms with E-state index < -0.39 is 19.2 Å². The van der Waals surface area contributed by atoms with Gasteiger partial charge in [0.1, 0.15) is 0 Å². The largest absolute Gasteiger partial charge is 0.477 e. The second-order valence-corrected chi connectivity index (χ2v) is 4.06. The molecular weight excluding hydrogens is 257 g/mol. The van der Waals surface area contributed by atoms with Crippen molar-refractivity contribution in [3.8, 4) is 5.88 Å². The monoisotopic (exact) mass is 270 g/mol. The zero-order valence-electron chi connectivity index (χ0n) is 10.1. The van der Waals surface area contributed by atoms with Crippen molar-refractivity contribution in [1.29, 1.82) is 0 Å². The van der Waals surface area contributed by atoms with Gasteiger partial charge in [0, 0.05) is 17.5 Å². The molecule has 1 aromatic carbocycles. The number of hydrogen-bond acceptors (Lipinski definition) is 3. The number of halogens is 3. The summed E-state index contributed by atoms with van der Waals surface area (Å²) < 4.78 is 41.3. The molecule has 0 radical (unpaired) electrons. The molecule has 19 heavy (non-hydrogen) atoms. The van der Waals surface area contributed by atoms with Gasteiger partial charge >= 0.3 is 6.18 Å². The number of hydrogen-bond donors (Lipinski definition) is 1. The van der Waals surface area contributed by atoms with Crippen molar-refractivity contribution >= 4 is 10.9 Å². The fourth-order valence-electron chi connectivity index (χ4n) is 1.68. The first-order chi connectivity index (χ1) is 8.99. The summed E-state index contributed by atoms with van der Waals surface area (Å²) >= 11 is 0. The van der Waals surface area contributed by atoms with Crippen LogP contribution in [0, 0.1) is 0 Å². The Labute approximate surface area is 108 Å². The Morgan fingerprint density at radius 3 is 2.63 bits per heavy atom. The Bertz CT molecular complexity index is 569. The lowest BCUT2D eigenvalue weighted by atomic mass is 10.1. The number of para-hydroxylation sites is 1. The van der Waals surface area contributed by atoms with E-state index in [1.165, 1.54) is 0 Å². The summed E-state index contributed by atoms with van der Waals surface area (Å²) in [7, 11) is 0. The third-order valence-corrected chi connectivity index (χ3v) is 2.61. The summed E-state index contributed by atoms with van der Waals surface area (Å²) in [6, 6.07) is 9.07. The van der Waals surface area contributed by atoms with Crippen molar-refractivity contribution < 1.29 is 17.9 Å². The standard InChI is InChI=1S/C13H13F3N2O/c14-13(15,16)5-6-19-12-10(8-17)7-9-3-1-2-4-11(9)18-12/h1-4,7H,5-6,8,17H2. The number of fused-ring (bicyclic) bond motifs is 1. The van der Waals surface area contributed by atoms with Crippen LogP contribution in [-0.2, 0) is 6.54 Å². The van der Waals surface area contributed by atoms with Crippen LogP contribution in [-0.4, -0.2) is 17.8 Å². The zero-order valence-corrected chi connectivity index (χ0v) is 10.1. The number of ether oxygens (including phenoxy) is 1. The molecule has 0 aliphatic heterocycles. The van der Waals surface area contributed by atoms with Crippen LogP contribution in [0.3, 0.4) is 0 Å². The maximum atomic E-state index is 12.1. The van der Waals surface area contributed by atoms with Crippen LogP contribution in [0.5, 0.6) is 5.88 Å². The van der Waals surface area contributed by atoms with E-state index in [-0.39, 0.29) is 12.4 Å². The van der Waals surface area contributed by atoms with Crippen LogP contribution >= 0.6 is 0 Å². The first kappa shape index (κ1) is 13.6. The van der Waals surface area contributed by atoms with E-state index in [2.05, 4.69) is 4.98 Å². The lowest BCUT2D eigenvalue weighted by Gasteiger charge is -2.11. The van der Waals surface area contributed by atoms with E-state index in [0.29, 0.717) is 11.1 Å². The van der Waals surface area contributed by atoms with E-state index in [1.54, 1.807) is 18.2 Å². The molecule has 0 saturated carbocycles. The topological polar surface area (TPSA) is 48.1 Å². The van der Waals surface area contributed by atoms with Crippen LogP contribution in [0.2, 0.25) is 0 Å². The van der Waals surface area contributed by atoms with Gasteiger partial charge in [0.15, 0.2) is 0 Å². The number of benzene rings is 1. The molecule has 0 aliphatic carbocycles. The van der Waals surface area contributed by atoms with Crippen molar-refractivity contribution in [1.82, 2.24) is 4.98 Å². The van der Waals surface area contributed by atoms with Crippen molar-refractivity contribution in [3.05, 3.63) is 35.9 Å². The minimum Gasteiger partial charge on any atom is -0.477 e. The third kappa shape index (κ3) is 3.57. The Morgan fingerprint density at radius 1 is 1.21 bits per heavy atom. The summed E-state index contributed by atoms with van der Waals surface area (Å²) in [5.41, 5.74) is 6.82. The molecule has 2 rings (SSSR count). The summed E-state index contributed by atoms with van der Waals surface area (Å²) in [5, 5.41) is 0.881. The van der Waals surface area contributed by atoms with Crippen LogP contribution < -0.4 is 10.5 Å². The molecule has 2 N–H and O–H groups in total. The number of nitrogens with zero attached hydrogens (tertiary/aromatic N) is 1. The van der Waals surface area contributed by atoms with Gasteiger partial charge < -0.3 is 10.5 Å². The highest BCUT2D eigenvalue weighted by Gasteiger charge is 2.27. The average molecular weight is 270 g/mol. The number of pyridine rings is 1. The summed E-state index contributed by atoms with van der Waals surface area (Å²) in [5.74, 6) is 0.172. The Hall–Kier alpha value is -1.82. The molecule has 3 nitrogen and oxygen atoms in total. The van der Waals surface area contributed by atoms with Crippen LogP contribution in [0.25, 0.3) is 10.9 Å². The van der Waals surface area contributed by atoms with Crippen molar-refractivity contribution in [2.45, 2.75) is 19.1 Å². The molecule has 102 valence electrons. The lowest BCUT2D eigenvalue weighted by molar-refractivity contribution is -0.139. The van der Waals surface area contributed by atoms with Crippen molar-refractivity contribution in [2.24, 2.45) is 5.73 Å². The Kier molecular flexibility index (Phi) is 3.90. The van der Waals surface area contributed by atoms with Crippen molar-refractivity contribution in [2.75, 3.05) is 6.61 Å². The van der Waals surface area contributed by atoms with Gasteiger partial charge in [-0.3, -0.25) is 0 Å². The molecule has 2 aromatic rings. The minimum atomic E-state index is -4.24. The number of nitrogens with two attached hydrogens (primary N) is 1. The molecule has 0 saturated heterocycles. The van der Waals surface area contributed by atoms with Gasteiger partial charge in [-0.2, -0.15) is 13.2 Å². The predicted octanol–water partition coefficient (Wildman–Crippen LogP) is 3.02. The maximum Gasteiger partial charge on any atom is 0.392 e. The van der Waals surface area contributed by atoms with E-state index in [0.717, 1.165) is 5.39 Å². The quantitative estimate of drug-likeness (QED) is 0.929. The van der Waals surface area contributed by atoms with Crippen molar-refractivity contribution in [3.63, 3.8) is 0 Å². The molecule has 0 atom stereocenters. The zero-order chi connectivity index (χ0) is 13.9. The summed E-state index contributed by atoms with van der Waals surface area (Å²) in [6.07, 6.45) is -5.24. The summed E-state index contributed by atoms with van der Waals surface area (Å²) in [4.78, 5) is 4.20. The fraction of sp³-hybridized carbons (Fsp3) is 0.308. The minimum absolute atomic E-state index is 0.166. The normalized spacial score (nSPS) is 11.8. The van der Waals surface area contributed by atoms with E-state index in [1.807, 2.05) is 12.1 Å². The summed E-state index contributed by atoms with van der Waals surface area (Å²) in [6.45, 7) is -0.291. The molecule has 0 spiro atoms. The molecule has 1 aromatic heterocycles. The fourth-order valence-corrected chi connectivity index (χ4v) is 1.68. The van der Waals surface area contributed by atoms with Gasteiger partial charge in [0.2, 0.25) is 5.88 Å². The van der Waals surface area contributed by atoms with Gasteiger partial charge in [0.05, 0.1) is 18.5 Å². The predicted molar refractivity (Wildman–Crippen MR) is 65.8 cm³/mol. The highest BCUT2D eigenvalue weighted by Crippen LogP contribution is 2.24. The highest BCUT2D eigenvalue weighted by molar-refractivity contribution is 5.79. The number of rotatable bonds is 4.